The van der Waals surface area contributed by atoms with Crippen LogP contribution in [0.2, 0.25) is 0 Å². The first kappa shape index (κ1) is 53.2. The predicted molar refractivity (Wildman–Crippen MR) is 360 cm³/mol. The molecule has 0 fully saturated rings. The number of nitriles is 1. The molecule has 6 aromatic heterocycles. The monoisotopic (exact) mass is 1160 g/mol. The highest BCUT2D eigenvalue weighted by atomic mass is 19.1. The number of benzene rings is 10. The fraction of sp³-hybridized carbons (Fsp3) is 0. The molecule has 90 heavy (non-hydrogen) atoms. The Morgan fingerprint density at radius 1 is 0.267 bits per heavy atom. The molecule has 16 rings (SSSR count). The predicted octanol–water partition coefficient (Wildman–Crippen LogP) is 20.6. The molecule has 0 unspecified atom stereocenters. The molecule has 0 aliphatic heterocycles. The van der Waals surface area contributed by atoms with Crippen molar-refractivity contribution in [1.82, 2.24) is 29.1 Å². The second-order valence-electron chi connectivity index (χ2n) is 22.4. The maximum absolute atomic E-state index is 16.3. The van der Waals surface area contributed by atoms with Crippen LogP contribution in [0.3, 0.4) is 0 Å². The summed E-state index contributed by atoms with van der Waals surface area (Å²) in [6, 6.07) is 92.6. The van der Waals surface area contributed by atoms with Crippen LogP contribution in [0, 0.1) is 23.0 Å². The van der Waals surface area contributed by atoms with Crippen LogP contribution in [0.1, 0.15) is 5.56 Å². The molecular formula is C81H49F2N7. The Balaban J connectivity index is 0.963. The van der Waals surface area contributed by atoms with E-state index in [1.165, 1.54) is 12.1 Å². The van der Waals surface area contributed by atoms with Gasteiger partial charge in [0.05, 0.1) is 67.8 Å². The molecule has 0 spiro atoms. The first-order valence-corrected chi connectivity index (χ1v) is 29.6. The average molecular weight is 1160 g/mol. The molecule has 0 bridgehead atoms. The van der Waals surface area contributed by atoms with E-state index in [-0.39, 0.29) is 0 Å². The van der Waals surface area contributed by atoms with E-state index in [0.29, 0.717) is 28.1 Å². The molecule has 0 aliphatic rings. The third kappa shape index (κ3) is 9.62. The van der Waals surface area contributed by atoms with Crippen molar-refractivity contribution in [3.8, 4) is 118 Å². The van der Waals surface area contributed by atoms with Crippen LogP contribution < -0.4 is 0 Å². The molecule has 0 atom stereocenters. The highest BCUT2D eigenvalue weighted by Crippen LogP contribution is 2.46. The smallest absolute Gasteiger partial charge is 0.126 e. The van der Waals surface area contributed by atoms with Crippen LogP contribution in [-0.2, 0) is 0 Å². The molecule has 16 aromatic rings. The van der Waals surface area contributed by atoms with Gasteiger partial charge < -0.3 is 9.13 Å². The lowest BCUT2D eigenvalue weighted by Crippen LogP contribution is -2.05. The molecule has 0 aliphatic carbocycles. The van der Waals surface area contributed by atoms with Crippen molar-refractivity contribution in [2.75, 3.05) is 0 Å². The number of fused-ring (bicyclic) bond motifs is 6. The molecule has 0 amide bonds. The third-order valence-corrected chi connectivity index (χ3v) is 17.0. The van der Waals surface area contributed by atoms with Crippen molar-refractivity contribution < 1.29 is 8.78 Å². The van der Waals surface area contributed by atoms with E-state index >= 15 is 8.78 Å². The zero-order chi connectivity index (χ0) is 60.2. The van der Waals surface area contributed by atoms with Gasteiger partial charge >= 0.3 is 0 Å². The Labute approximate surface area is 517 Å². The molecule has 0 N–H and O–H groups in total. The zero-order valence-electron chi connectivity index (χ0n) is 48.2. The summed E-state index contributed by atoms with van der Waals surface area (Å²) in [6.07, 6.45) is 7.37. The van der Waals surface area contributed by atoms with E-state index in [0.717, 1.165) is 139 Å². The Bertz CT molecular complexity index is 4910. The van der Waals surface area contributed by atoms with Crippen LogP contribution in [0.15, 0.2) is 298 Å². The molecule has 10 aromatic carbocycles. The first-order valence-electron chi connectivity index (χ1n) is 29.6. The Morgan fingerprint density at radius 3 is 0.822 bits per heavy atom. The van der Waals surface area contributed by atoms with Crippen molar-refractivity contribution in [3.63, 3.8) is 0 Å². The molecule has 0 radical (unpaired) electrons. The van der Waals surface area contributed by atoms with Crippen LogP contribution in [-0.4, -0.2) is 29.1 Å². The SMILES string of the molecule is N#Cc1cc(-n2c3ccc(-c4ccnc(-c5ccccc5)c4)cc3c3cc(-c4ccnc(-c5ccccc5)c4)ccc32)c(-c2cc(F)cc(F)c2)c(-n2c3ccc(-c4ccnc(-c5ccccc5)c4)cc3c3cc(-c4ccnc(-c5ccccc5)c4)ccc32)c1. The van der Waals surface area contributed by atoms with Gasteiger partial charge in [-0.3, -0.25) is 19.9 Å². The number of pyridine rings is 4. The minimum Gasteiger partial charge on any atom is -0.308 e. The maximum Gasteiger partial charge on any atom is 0.126 e. The molecule has 0 saturated carbocycles. The lowest BCUT2D eigenvalue weighted by Gasteiger charge is -2.21. The summed E-state index contributed by atoms with van der Waals surface area (Å²) in [4.78, 5) is 19.1. The van der Waals surface area contributed by atoms with Crippen molar-refractivity contribution >= 4 is 43.6 Å². The number of halogens is 2. The lowest BCUT2D eigenvalue weighted by molar-refractivity contribution is 0.584. The topological polar surface area (TPSA) is 85.2 Å². The number of rotatable bonds is 11. The van der Waals surface area contributed by atoms with E-state index in [2.05, 4.69) is 161 Å². The van der Waals surface area contributed by atoms with Gasteiger partial charge in [-0.2, -0.15) is 5.26 Å². The zero-order valence-corrected chi connectivity index (χ0v) is 48.2. The van der Waals surface area contributed by atoms with Gasteiger partial charge in [0.15, 0.2) is 0 Å². The highest BCUT2D eigenvalue weighted by Gasteiger charge is 2.26. The van der Waals surface area contributed by atoms with Gasteiger partial charge in [-0.15, -0.1) is 0 Å². The normalized spacial score (nSPS) is 11.4. The van der Waals surface area contributed by atoms with Gasteiger partial charge in [-0.25, -0.2) is 8.78 Å². The summed E-state index contributed by atoms with van der Waals surface area (Å²) in [6.45, 7) is 0. The maximum atomic E-state index is 16.3. The number of aromatic nitrogens is 6. The Morgan fingerprint density at radius 2 is 0.544 bits per heavy atom. The van der Waals surface area contributed by atoms with Gasteiger partial charge in [0.1, 0.15) is 11.6 Å². The molecule has 422 valence electrons. The van der Waals surface area contributed by atoms with E-state index in [9.17, 15) is 5.26 Å². The summed E-state index contributed by atoms with van der Waals surface area (Å²) < 4.78 is 36.8. The van der Waals surface area contributed by atoms with Crippen LogP contribution in [0.4, 0.5) is 8.78 Å². The van der Waals surface area contributed by atoms with Gasteiger partial charge in [-0.1, -0.05) is 146 Å². The summed E-state index contributed by atoms with van der Waals surface area (Å²) in [5.41, 5.74) is 20.7. The fourth-order valence-corrected chi connectivity index (χ4v) is 12.8. The van der Waals surface area contributed by atoms with Crippen molar-refractivity contribution in [1.29, 1.82) is 5.26 Å². The second kappa shape index (κ2) is 22.2. The molecule has 9 heteroatoms. The van der Waals surface area contributed by atoms with Crippen LogP contribution in [0.25, 0.3) is 156 Å². The minimum absolute atomic E-state index is 0.291. The van der Waals surface area contributed by atoms with Crippen molar-refractivity contribution in [2.24, 2.45) is 0 Å². The molecule has 7 nitrogen and oxygen atoms in total. The second-order valence-corrected chi connectivity index (χ2v) is 22.4. The van der Waals surface area contributed by atoms with Crippen molar-refractivity contribution in [2.45, 2.75) is 0 Å². The Kier molecular flexibility index (Phi) is 13.2. The van der Waals surface area contributed by atoms with Gasteiger partial charge in [0, 0.05) is 80.2 Å². The molecule has 6 heterocycles. The van der Waals surface area contributed by atoms with Gasteiger partial charge in [0.2, 0.25) is 0 Å². The van der Waals surface area contributed by atoms with Crippen LogP contribution >= 0.6 is 0 Å². The summed E-state index contributed by atoms with van der Waals surface area (Å²) in [7, 11) is 0. The van der Waals surface area contributed by atoms with Gasteiger partial charge in [-0.05, 0) is 171 Å². The van der Waals surface area contributed by atoms with Crippen LogP contribution in [0.5, 0.6) is 0 Å². The molecular weight excluding hydrogens is 1110 g/mol. The minimum atomic E-state index is -0.738. The van der Waals surface area contributed by atoms with E-state index in [4.69, 9.17) is 19.9 Å². The largest absolute Gasteiger partial charge is 0.308 e. The van der Waals surface area contributed by atoms with Crippen molar-refractivity contribution in [3.05, 3.63) is 315 Å². The number of hydrogen-bond acceptors (Lipinski definition) is 5. The summed E-state index contributed by atoms with van der Waals surface area (Å²) in [5, 5.41) is 15.0. The van der Waals surface area contributed by atoms with E-state index in [1.807, 2.05) is 134 Å². The average Bonchev–Trinajstić information content (AvgIpc) is 1.56. The first-order chi connectivity index (χ1) is 44.3. The fourth-order valence-electron chi connectivity index (χ4n) is 12.8. The van der Waals surface area contributed by atoms with E-state index in [1.54, 1.807) is 0 Å². The summed E-state index contributed by atoms with van der Waals surface area (Å²) >= 11 is 0. The third-order valence-electron chi connectivity index (χ3n) is 17.0. The standard InChI is InChI=1S/C81H49F2N7/c82-65-39-64(40-66(83)49-65)81-79(89-75-25-21-56(60-29-33-85-71(45-60)52-13-5-1-6-14-52)41-67(75)68-42-57(22-26-76(68)89)61-30-34-86-72(46-61)53-15-7-2-8-16-53)37-51(50-84)38-80(81)90-77-27-23-58(62-31-35-87-73(47-62)54-17-9-3-10-18-54)43-69(77)70-44-59(24-28-78(70)90)63-32-36-88-74(48-63)55-19-11-4-12-20-55/h1-49H. The lowest BCUT2D eigenvalue weighted by atomic mass is 9.97. The number of nitrogens with zero attached hydrogens (tertiary/aromatic N) is 7. The van der Waals surface area contributed by atoms with E-state index < -0.39 is 11.6 Å². The van der Waals surface area contributed by atoms with Gasteiger partial charge in [0.25, 0.3) is 0 Å². The molecule has 0 saturated heterocycles. The number of hydrogen-bond donors (Lipinski definition) is 0. The Hall–Kier alpha value is -12.3. The highest BCUT2D eigenvalue weighted by molar-refractivity contribution is 6.14. The quantitative estimate of drug-likeness (QED) is 0.129. The summed E-state index contributed by atoms with van der Waals surface area (Å²) in [5.74, 6) is -1.48.